The van der Waals surface area contributed by atoms with E-state index in [4.69, 9.17) is 0 Å². The van der Waals surface area contributed by atoms with Crippen LogP contribution in [0, 0.1) is 0 Å². The highest BCUT2D eigenvalue weighted by Gasteiger charge is 2.02. The average Bonchev–Trinajstić information content (AvgIpc) is 3.10. The van der Waals surface area contributed by atoms with Gasteiger partial charge < -0.3 is 10.6 Å². The lowest BCUT2D eigenvalue weighted by Gasteiger charge is -2.16. The summed E-state index contributed by atoms with van der Waals surface area (Å²) in [6.45, 7) is 8.07. The predicted molar refractivity (Wildman–Crippen MR) is 96.1 cm³/mol. The second kappa shape index (κ2) is 8.98. The molecule has 0 bridgehead atoms. The number of rotatable bonds is 7. The zero-order valence-electron chi connectivity index (χ0n) is 14.3. The lowest BCUT2D eigenvalue weighted by molar-refractivity contribution is 0.624. The molecule has 0 fully saturated rings. The molecule has 124 valence electrons. The van der Waals surface area contributed by atoms with Gasteiger partial charge in [0.1, 0.15) is 0 Å². The SMILES string of the molecule is CCNC(=NCCc1ccc(-n2cccn2)cc1)NC(C)CC. The van der Waals surface area contributed by atoms with Crippen LogP contribution in [0.25, 0.3) is 5.69 Å². The number of guanidine groups is 1. The Balaban J connectivity index is 1.90. The highest BCUT2D eigenvalue weighted by Crippen LogP contribution is 2.09. The highest BCUT2D eigenvalue weighted by atomic mass is 15.3. The van der Waals surface area contributed by atoms with Crippen LogP contribution in [0.2, 0.25) is 0 Å². The summed E-state index contributed by atoms with van der Waals surface area (Å²) in [5.41, 5.74) is 2.36. The molecular weight excluding hydrogens is 286 g/mol. The molecule has 1 aromatic heterocycles. The maximum atomic E-state index is 4.65. The van der Waals surface area contributed by atoms with Gasteiger partial charge in [0.25, 0.3) is 0 Å². The fourth-order valence-electron chi connectivity index (χ4n) is 2.19. The Bertz CT molecular complexity index is 586. The quantitative estimate of drug-likeness (QED) is 0.610. The lowest BCUT2D eigenvalue weighted by Crippen LogP contribution is -2.42. The lowest BCUT2D eigenvalue weighted by atomic mass is 10.1. The molecular formula is C18H27N5. The molecule has 5 nitrogen and oxygen atoms in total. The molecule has 2 N–H and O–H groups in total. The third-order valence-electron chi connectivity index (χ3n) is 3.72. The van der Waals surface area contributed by atoms with Crippen LogP contribution >= 0.6 is 0 Å². The topological polar surface area (TPSA) is 54.2 Å². The fraction of sp³-hybridized carbons (Fsp3) is 0.444. The summed E-state index contributed by atoms with van der Waals surface area (Å²) in [6.07, 6.45) is 5.74. The maximum Gasteiger partial charge on any atom is 0.191 e. The standard InChI is InChI=1S/C18H27N5/c1-4-15(3)22-18(19-5-2)20-13-11-16-7-9-17(10-8-16)23-14-6-12-21-23/h6-10,12,14-15H,4-5,11,13H2,1-3H3,(H2,19,20,22). The van der Waals surface area contributed by atoms with Crippen molar-refractivity contribution in [1.29, 1.82) is 0 Å². The van der Waals surface area contributed by atoms with Crippen LogP contribution in [-0.4, -0.2) is 34.9 Å². The van der Waals surface area contributed by atoms with E-state index in [-0.39, 0.29) is 0 Å². The van der Waals surface area contributed by atoms with Gasteiger partial charge in [-0.05, 0) is 50.5 Å². The molecule has 1 aromatic carbocycles. The van der Waals surface area contributed by atoms with Crippen molar-refractivity contribution >= 4 is 5.96 Å². The second-order valence-electron chi connectivity index (χ2n) is 5.58. The van der Waals surface area contributed by atoms with Gasteiger partial charge in [-0.15, -0.1) is 0 Å². The Morgan fingerprint density at radius 3 is 2.65 bits per heavy atom. The van der Waals surface area contributed by atoms with Crippen LogP contribution in [0.4, 0.5) is 0 Å². The van der Waals surface area contributed by atoms with E-state index in [0.717, 1.165) is 37.6 Å². The third-order valence-corrected chi connectivity index (χ3v) is 3.72. The van der Waals surface area contributed by atoms with Gasteiger partial charge in [0, 0.05) is 31.5 Å². The van der Waals surface area contributed by atoms with Crippen molar-refractivity contribution in [2.45, 2.75) is 39.7 Å². The fourth-order valence-corrected chi connectivity index (χ4v) is 2.19. The first kappa shape index (κ1) is 17.1. The van der Waals surface area contributed by atoms with E-state index in [1.165, 1.54) is 5.56 Å². The molecule has 0 aliphatic rings. The third kappa shape index (κ3) is 5.43. The van der Waals surface area contributed by atoms with Crippen molar-refractivity contribution in [1.82, 2.24) is 20.4 Å². The first-order valence-electron chi connectivity index (χ1n) is 8.36. The Morgan fingerprint density at radius 2 is 2.04 bits per heavy atom. The number of aliphatic imine (C=N–C) groups is 1. The monoisotopic (exact) mass is 313 g/mol. The van der Waals surface area contributed by atoms with Gasteiger partial charge in [-0.3, -0.25) is 4.99 Å². The molecule has 23 heavy (non-hydrogen) atoms. The number of nitrogens with one attached hydrogen (secondary N) is 2. The van der Waals surface area contributed by atoms with E-state index < -0.39 is 0 Å². The summed E-state index contributed by atoms with van der Waals surface area (Å²) in [7, 11) is 0. The molecule has 0 aliphatic heterocycles. The Morgan fingerprint density at radius 1 is 1.26 bits per heavy atom. The minimum Gasteiger partial charge on any atom is -0.357 e. The zero-order chi connectivity index (χ0) is 16.5. The van der Waals surface area contributed by atoms with Gasteiger partial charge in [0.05, 0.1) is 5.69 Å². The molecule has 1 unspecified atom stereocenters. The number of hydrogen-bond acceptors (Lipinski definition) is 2. The van der Waals surface area contributed by atoms with Crippen molar-refractivity contribution in [2.75, 3.05) is 13.1 Å². The van der Waals surface area contributed by atoms with Crippen molar-refractivity contribution in [3.05, 3.63) is 48.3 Å². The molecule has 1 heterocycles. The maximum absolute atomic E-state index is 4.65. The number of benzene rings is 1. The smallest absolute Gasteiger partial charge is 0.191 e. The molecule has 0 saturated carbocycles. The molecule has 0 aliphatic carbocycles. The second-order valence-corrected chi connectivity index (χ2v) is 5.58. The number of nitrogens with zero attached hydrogens (tertiary/aromatic N) is 3. The summed E-state index contributed by atoms with van der Waals surface area (Å²) >= 11 is 0. The van der Waals surface area contributed by atoms with E-state index in [9.17, 15) is 0 Å². The minimum absolute atomic E-state index is 0.432. The molecule has 5 heteroatoms. The molecule has 0 radical (unpaired) electrons. The van der Waals surface area contributed by atoms with Crippen molar-refractivity contribution in [3.63, 3.8) is 0 Å². The Labute approximate surface area is 138 Å². The Kier molecular flexibility index (Phi) is 6.66. The molecule has 2 rings (SSSR count). The molecule has 2 aromatic rings. The van der Waals surface area contributed by atoms with Gasteiger partial charge in [0.2, 0.25) is 0 Å². The van der Waals surface area contributed by atoms with Crippen LogP contribution in [0.5, 0.6) is 0 Å². The number of hydrogen-bond donors (Lipinski definition) is 2. The van der Waals surface area contributed by atoms with Gasteiger partial charge in [-0.2, -0.15) is 5.10 Å². The number of aromatic nitrogens is 2. The van der Waals surface area contributed by atoms with Gasteiger partial charge in [-0.25, -0.2) is 4.68 Å². The van der Waals surface area contributed by atoms with E-state index >= 15 is 0 Å². The van der Waals surface area contributed by atoms with Crippen LogP contribution in [0.15, 0.2) is 47.7 Å². The Hall–Kier alpha value is -2.30. The zero-order valence-corrected chi connectivity index (χ0v) is 14.3. The average molecular weight is 313 g/mol. The van der Waals surface area contributed by atoms with E-state index in [1.54, 1.807) is 6.20 Å². The summed E-state index contributed by atoms with van der Waals surface area (Å²) in [5.74, 6) is 0.898. The van der Waals surface area contributed by atoms with Crippen molar-refractivity contribution < 1.29 is 0 Å². The van der Waals surface area contributed by atoms with Crippen molar-refractivity contribution in [3.8, 4) is 5.69 Å². The summed E-state index contributed by atoms with van der Waals surface area (Å²) in [6, 6.07) is 10.8. The summed E-state index contributed by atoms with van der Waals surface area (Å²) in [4.78, 5) is 4.65. The van der Waals surface area contributed by atoms with Gasteiger partial charge in [0.15, 0.2) is 5.96 Å². The minimum atomic E-state index is 0.432. The van der Waals surface area contributed by atoms with Gasteiger partial charge >= 0.3 is 0 Å². The van der Waals surface area contributed by atoms with E-state index in [2.05, 4.69) is 65.8 Å². The van der Waals surface area contributed by atoms with E-state index in [1.807, 2.05) is 16.9 Å². The van der Waals surface area contributed by atoms with Crippen LogP contribution in [0.1, 0.15) is 32.8 Å². The summed E-state index contributed by atoms with van der Waals surface area (Å²) in [5, 5.41) is 10.9. The predicted octanol–water partition coefficient (Wildman–Crippen LogP) is 2.77. The molecule has 0 saturated heterocycles. The highest BCUT2D eigenvalue weighted by molar-refractivity contribution is 5.80. The molecule has 1 atom stereocenters. The van der Waals surface area contributed by atoms with E-state index in [0.29, 0.717) is 6.04 Å². The normalized spacial score (nSPS) is 12.9. The first-order chi connectivity index (χ1) is 11.2. The summed E-state index contributed by atoms with van der Waals surface area (Å²) < 4.78 is 1.86. The first-order valence-corrected chi connectivity index (χ1v) is 8.36. The van der Waals surface area contributed by atoms with Crippen LogP contribution in [-0.2, 0) is 6.42 Å². The molecule has 0 spiro atoms. The largest absolute Gasteiger partial charge is 0.357 e. The van der Waals surface area contributed by atoms with Crippen molar-refractivity contribution in [2.24, 2.45) is 4.99 Å². The van der Waals surface area contributed by atoms with Crippen LogP contribution in [0.3, 0.4) is 0 Å². The van der Waals surface area contributed by atoms with Crippen LogP contribution < -0.4 is 10.6 Å². The molecule has 0 amide bonds. The van der Waals surface area contributed by atoms with Gasteiger partial charge in [-0.1, -0.05) is 19.1 Å².